The topological polar surface area (TPSA) is 21.8 Å². The Bertz CT molecular complexity index is 131. The highest BCUT2D eigenvalue weighted by Gasteiger charge is 2.51. The van der Waals surface area contributed by atoms with Gasteiger partial charge in [0.05, 0.1) is 0 Å². The number of hydrogen-bond acceptors (Lipinski definition) is 2. The number of methoxy groups -OCH3 is 1. The summed E-state index contributed by atoms with van der Waals surface area (Å²) in [6.45, 7) is 3.90. The second-order valence-corrected chi connectivity index (χ2v) is 2.28. The fourth-order valence-corrected chi connectivity index (χ4v) is 0.771. The molecule has 0 saturated carbocycles. The Hall–Kier alpha value is -0.340. The van der Waals surface area contributed by atoms with Crippen molar-refractivity contribution in [3.63, 3.8) is 0 Å². The van der Waals surface area contributed by atoms with Crippen LogP contribution in [0.2, 0.25) is 0 Å². The molecule has 0 aromatic heterocycles. The SMILES string of the molecule is CC=CC1OC1(C)OC. The lowest BCUT2D eigenvalue weighted by Crippen LogP contribution is -2.10. The second kappa shape index (κ2) is 2.12. The number of hydrogen-bond donors (Lipinski definition) is 0. The maximum Gasteiger partial charge on any atom is 0.196 e. The Morgan fingerprint density at radius 3 is 2.67 bits per heavy atom. The van der Waals surface area contributed by atoms with Crippen LogP contribution in [0.4, 0.5) is 0 Å². The summed E-state index contributed by atoms with van der Waals surface area (Å²) in [7, 11) is 1.66. The van der Waals surface area contributed by atoms with Gasteiger partial charge in [-0.1, -0.05) is 12.2 Å². The van der Waals surface area contributed by atoms with Crippen LogP contribution in [0.5, 0.6) is 0 Å². The molecule has 2 nitrogen and oxygen atoms in total. The molecule has 1 fully saturated rings. The third-order valence-electron chi connectivity index (χ3n) is 1.59. The van der Waals surface area contributed by atoms with Crippen LogP contribution < -0.4 is 0 Å². The van der Waals surface area contributed by atoms with Gasteiger partial charge in [0.1, 0.15) is 6.10 Å². The zero-order chi connectivity index (χ0) is 6.91. The van der Waals surface area contributed by atoms with E-state index in [1.165, 1.54) is 0 Å². The summed E-state index contributed by atoms with van der Waals surface area (Å²) in [6.07, 6.45) is 4.13. The highest BCUT2D eigenvalue weighted by atomic mass is 16.8. The van der Waals surface area contributed by atoms with Crippen LogP contribution in [0.15, 0.2) is 12.2 Å². The summed E-state index contributed by atoms with van der Waals surface area (Å²) in [5, 5.41) is 0. The van der Waals surface area contributed by atoms with Crippen molar-refractivity contribution in [2.75, 3.05) is 7.11 Å². The van der Waals surface area contributed by atoms with Gasteiger partial charge in [0, 0.05) is 7.11 Å². The zero-order valence-corrected chi connectivity index (χ0v) is 6.05. The summed E-state index contributed by atoms with van der Waals surface area (Å²) < 4.78 is 10.2. The van der Waals surface area contributed by atoms with Crippen molar-refractivity contribution in [3.05, 3.63) is 12.2 Å². The van der Waals surface area contributed by atoms with E-state index in [0.717, 1.165) is 0 Å². The molecule has 0 N–H and O–H groups in total. The molecule has 52 valence electrons. The quantitative estimate of drug-likeness (QED) is 0.413. The Morgan fingerprint density at radius 2 is 2.33 bits per heavy atom. The smallest absolute Gasteiger partial charge is 0.196 e. The van der Waals surface area contributed by atoms with Gasteiger partial charge in [-0.3, -0.25) is 0 Å². The predicted molar refractivity (Wildman–Crippen MR) is 35.1 cm³/mol. The van der Waals surface area contributed by atoms with Crippen molar-refractivity contribution in [3.8, 4) is 0 Å². The van der Waals surface area contributed by atoms with Gasteiger partial charge in [0.25, 0.3) is 0 Å². The second-order valence-electron chi connectivity index (χ2n) is 2.28. The van der Waals surface area contributed by atoms with E-state index >= 15 is 0 Å². The molecule has 1 saturated heterocycles. The molecular formula is C7H12O2. The predicted octanol–water partition coefficient (Wildman–Crippen LogP) is 1.32. The van der Waals surface area contributed by atoms with Crippen molar-refractivity contribution < 1.29 is 9.47 Å². The first-order valence-electron chi connectivity index (χ1n) is 3.08. The molecule has 1 aliphatic heterocycles. The molecule has 0 radical (unpaired) electrons. The molecule has 0 amide bonds. The average molecular weight is 128 g/mol. The van der Waals surface area contributed by atoms with Crippen LogP contribution in [0.3, 0.4) is 0 Å². The van der Waals surface area contributed by atoms with E-state index in [2.05, 4.69) is 0 Å². The molecule has 9 heavy (non-hydrogen) atoms. The first-order valence-corrected chi connectivity index (χ1v) is 3.08. The molecule has 0 aliphatic carbocycles. The third kappa shape index (κ3) is 1.14. The van der Waals surface area contributed by atoms with E-state index in [1.807, 2.05) is 26.0 Å². The van der Waals surface area contributed by atoms with E-state index in [4.69, 9.17) is 9.47 Å². The lowest BCUT2D eigenvalue weighted by molar-refractivity contribution is 0.00590. The van der Waals surface area contributed by atoms with Crippen molar-refractivity contribution in [2.45, 2.75) is 25.7 Å². The molecule has 2 heteroatoms. The van der Waals surface area contributed by atoms with E-state index in [9.17, 15) is 0 Å². The van der Waals surface area contributed by atoms with Gasteiger partial charge in [-0.2, -0.15) is 0 Å². The van der Waals surface area contributed by atoms with Gasteiger partial charge in [-0.05, 0) is 13.8 Å². The van der Waals surface area contributed by atoms with E-state index in [-0.39, 0.29) is 11.9 Å². The maximum absolute atomic E-state index is 5.18. The minimum atomic E-state index is -0.327. The van der Waals surface area contributed by atoms with Crippen LogP contribution >= 0.6 is 0 Å². The van der Waals surface area contributed by atoms with Crippen LogP contribution in [0, 0.1) is 0 Å². The van der Waals surface area contributed by atoms with E-state index in [1.54, 1.807) is 7.11 Å². The molecule has 2 unspecified atom stereocenters. The number of ether oxygens (including phenoxy) is 2. The van der Waals surface area contributed by atoms with Crippen molar-refractivity contribution in [2.24, 2.45) is 0 Å². The van der Waals surface area contributed by atoms with Crippen LogP contribution in [-0.2, 0) is 9.47 Å². The van der Waals surface area contributed by atoms with Crippen LogP contribution in [-0.4, -0.2) is 19.0 Å². The number of allylic oxidation sites excluding steroid dienone is 1. The van der Waals surface area contributed by atoms with E-state index in [0.29, 0.717) is 0 Å². The van der Waals surface area contributed by atoms with Crippen molar-refractivity contribution in [1.82, 2.24) is 0 Å². The summed E-state index contributed by atoms with van der Waals surface area (Å²) in [5.41, 5.74) is 0. The third-order valence-corrected chi connectivity index (χ3v) is 1.59. The van der Waals surface area contributed by atoms with Crippen LogP contribution in [0.1, 0.15) is 13.8 Å². The fraction of sp³-hybridized carbons (Fsp3) is 0.714. The lowest BCUT2D eigenvalue weighted by Gasteiger charge is -1.98. The Morgan fingerprint density at radius 1 is 1.67 bits per heavy atom. The van der Waals surface area contributed by atoms with Crippen molar-refractivity contribution >= 4 is 0 Å². The normalized spacial score (nSPS) is 41.9. The monoisotopic (exact) mass is 128 g/mol. The summed E-state index contributed by atoms with van der Waals surface area (Å²) in [5.74, 6) is -0.327. The van der Waals surface area contributed by atoms with Gasteiger partial charge in [0.15, 0.2) is 5.79 Å². The van der Waals surface area contributed by atoms with E-state index < -0.39 is 0 Å². The summed E-state index contributed by atoms with van der Waals surface area (Å²) in [4.78, 5) is 0. The van der Waals surface area contributed by atoms with Gasteiger partial charge in [-0.25, -0.2) is 0 Å². The minimum Gasteiger partial charge on any atom is -0.351 e. The Balaban J connectivity index is 2.38. The summed E-state index contributed by atoms with van der Waals surface area (Å²) in [6, 6.07) is 0. The molecule has 1 aliphatic rings. The average Bonchev–Trinajstić information content (AvgIpc) is 2.46. The highest BCUT2D eigenvalue weighted by molar-refractivity contribution is 5.04. The van der Waals surface area contributed by atoms with Gasteiger partial charge in [0.2, 0.25) is 0 Å². The zero-order valence-electron chi connectivity index (χ0n) is 6.05. The molecular weight excluding hydrogens is 116 g/mol. The molecule has 0 aromatic carbocycles. The lowest BCUT2D eigenvalue weighted by atomic mass is 10.3. The largest absolute Gasteiger partial charge is 0.351 e. The molecule has 0 bridgehead atoms. The molecule has 0 spiro atoms. The minimum absolute atomic E-state index is 0.174. The van der Waals surface area contributed by atoms with Crippen molar-refractivity contribution in [1.29, 1.82) is 0 Å². The standard InChI is InChI=1S/C7H12O2/c1-4-5-6-7(2,8-3)9-6/h4-6H,1-3H3. The first-order chi connectivity index (χ1) is 4.23. The first kappa shape index (κ1) is 6.78. The molecule has 2 atom stereocenters. The maximum atomic E-state index is 5.18. The van der Waals surface area contributed by atoms with Gasteiger partial charge < -0.3 is 9.47 Å². The van der Waals surface area contributed by atoms with Gasteiger partial charge in [-0.15, -0.1) is 0 Å². The Kier molecular flexibility index (Phi) is 1.60. The molecule has 0 aromatic rings. The number of rotatable bonds is 2. The molecule has 1 rings (SSSR count). The highest BCUT2D eigenvalue weighted by Crippen LogP contribution is 2.37. The number of epoxide rings is 1. The Labute approximate surface area is 55.5 Å². The molecule has 1 heterocycles. The fourth-order valence-electron chi connectivity index (χ4n) is 0.771. The summed E-state index contributed by atoms with van der Waals surface area (Å²) >= 11 is 0. The van der Waals surface area contributed by atoms with Crippen LogP contribution in [0.25, 0.3) is 0 Å². The van der Waals surface area contributed by atoms with Gasteiger partial charge >= 0.3 is 0 Å².